The molecule has 2 aliphatic rings. The molecule has 1 aliphatic heterocycles. The number of rotatable bonds is 5. The highest BCUT2D eigenvalue weighted by molar-refractivity contribution is 5.91. The third-order valence-corrected chi connectivity index (χ3v) is 9.00. The molecule has 0 saturated heterocycles. The normalized spacial score (nSPS) is 14.7. The number of para-hydroxylation sites is 1. The SMILES string of the molecule is C1=CCC2Oc3c(cccc3-c3nc(-c4cccc(-c5ccccc5)c4)nc(-c4ccc5cc(-c6ccccc6)ccc5c4)n3)C2=C1. The number of ether oxygens (including phenoxy) is 1. The predicted octanol–water partition coefficient (Wildman–Crippen LogP) is 10.5. The van der Waals surface area contributed by atoms with Gasteiger partial charge in [0.05, 0.1) is 5.56 Å². The second kappa shape index (κ2) is 11.3. The van der Waals surface area contributed by atoms with E-state index in [0.29, 0.717) is 17.5 Å². The van der Waals surface area contributed by atoms with Gasteiger partial charge in [-0.15, -0.1) is 0 Å². The first-order valence-electron chi connectivity index (χ1n) is 16.0. The molecule has 47 heavy (non-hydrogen) atoms. The van der Waals surface area contributed by atoms with Gasteiger partial charge in [0, 0.05) is 28.7 Å². The Hall–Kier alpha value is -6.13. The molecular formula is C43H29N3O. The first-order chi connectivity index (χ1) is 23.3. The lowest BCUT2D eigenvalue weighted by Crippen LogP contribution is -2.12. The van der Waals surface area contributed by atoms with Gasteiger partial charge in [-0.3, -0.25) is 0 Å². The zero-order valence-corrected chi connectivity index (χ0v) is 25.5. The predicted molar refractivity (Wildman–Crippen MR) is 191 cm³/mol. The minimum Gasteiger partial charge on any atom is -0.484 e. The van der Waals surface area contributed by atoms with Gasteiger partial charge >= 0.3 is 0 Å². The molecule has 7 aromatic rings. The van der Waals surface area contributed by atoms with Crippen LogP contribution in [-0.2, 0) is 0 Å². The third-order valence-electron chi connectivity index (χ3n) is 9.00. The lowest BCUT2D eigenvalue weighted by molar-refractivity contribution is 0.280. The van der Waals surface area contributed by atoms with Gasteiger partial charge in [-0.05, 0) is 57.3 Å². The van der Waals surface area contributed by atoms with Crippen molar-refractivity contribution in [1.82, 2.24) is 15.0 Å². The monoisotopic (exact) mass is 603 g/mol. The van der Waals surface area contributed by atoms with Gasteiger partial charge in [0.2, 0.25) is 0 Å². The number of hydrogen-bond acceptors (Lipinski definition) is 4. The fourth-order valence-electron chi connectivity index (χ4n) is 6.61. The van der Waals surface area contributed by atoms with Gasteiger partial charge in [0.15, 0.2) is 17.5 Å². The number of fused-ring (bicyclic) bond motifs is 4. The molecule has 1 unspecified atom stereocenters. The Morgan fingerprint density at radius 3 is 1.77 bits per heavy atom. The molecule has 0 bridgehead atoms. The maximum Gasteiger partial charge on any atom is 0.167 e. The van der Waals surface area contributed by atoms with Crippen molar-refractivity contribution in [2.45, 2.75) is 12.5 Å². The lowest BCUT2D eigenvalue weighted by Gasteiger charge is -2.14. The third kappa shape index (κ3) is 5.01. The number of nitrogens with zero attached hydrogens (tertiary/aromatic N) is 3. The number of hydrogen-bond donors (Lipinski definition) is 0. The van der Waals surface area contributed by atoms with E-state index in [4.69, 9.17) is 19.7 Å². The summed E-state index contributed by atoms with van der Waals surface area (Å²) in [6.45, 7) is 0. The molecule has 0 fully saturated rings. The van der Waals surface area contributed by atoms with Crippen LogP contribution >= 0.6 is 0 Å². The van der Waals surface area contributed by atoms with Crippen LogP contribution in [0.1, 0.15) is 12.0 Å². The van der Waals surface area contributed by atoms with Crippen molar-refractivity contribution >= 4 is 16.3 Å². The van der Waals surface area contributed by atoms with E-state index in [1.54, 1.807) is 0 Å². The standard InChI is InChI=1S/C43H29N3O/c1-3-11-28(12-4-1)30-15-9-16-34(26-30)41-44-42(35-24-23-32-25-31(21-22-33(32)27-35)29-13-5-2-6-14-29)46-43(45-41)38-19-10-18-37-36-17-7-8-20-39(36)47-40(37)38/h1-19,21-27,39H,20H2. The maximum atomic E-state index is 6.55. The molecule has 9 rings (SSSR count). The van der Waals surface area contributed by atoms with Gasteiger partial charge in [-0.2, -0.15) is 0 Å². The van der Waals surface area contributed by atoms with Gasteiger partial charge in [-0.1, -0.05) is 133 Å². The first-order valence-corrected chi connectivity index (χ1v) is 16.0. The molecule has 2 heterocycles. The van der Waals surface area contributed by atoms with E-state index in [1.807, 2.05) is 12.1 Å². The summed E-state index contributed by atoms with van der Waals surface area (Å²) in [6.07, 6.45) is 7.28. The summed E-state index contributed by atoms with van der Waals surface area (Å²) in [5.74, 6) is 2.67. The molecule has 6 aromatic carbocycles. The quantitative estimate of drug-likeness (QED) is 0.196. The Bertz CT molecular complexity index is 2360. The van der Waals surface area contributed by atoms with Crippen LogP contribution in [0.3, 0.4) is 0 Å². The van der Waals surface area contributed by atoms with Gasteiger partial charge in [-0.25, -0.2) is 15.0 Å². The summed E-state index contributed by atoms with van der Waals surface area (Å²) in [4.78, 5) is 15.3. The average molecular weight is 604 g/mol. The van der Waals surface area contributed by atoms with E-state index < -0.39 is 0 Å². The molecule has 1 atom stereocenters. The summed E-state index contributed by atoms with van der Waals surface area (Å²) in [6, 6.07) is 48.5. The summed E-state index contributed by atoms with van der Waals surface area (Å²) in [5, 5.41) is 2.29. The van der Waals surface area contributed by atoms with Crippen molar-refractivity contribution in [3.8, 4) is 62.2 Å². The molecule has 0 amide bonds. The second-order valence-corrected chi connectivity index (χ2v) is 12.0. The molecular weight excluding hydrogens is 574 g/mol. The highest BCUT2D eigenvalue weighted by Crippen LogP contribution is 2.45. The fourth-order valence-corrected chi connectivity index (χ4v) is 6.61. The number of allylic oxidation sites excluding steroid dienone is 2. The fraction of sp³-hybridized carbons (Fsp3) is 0.0465. The molecule has 0 saturated carbocycles. The number of aromatic nitrogens is 3. The lowest BCUT2D eigenvalue weighted by atomic mass is 9.95. The van der Waals surface area contributed by atoms with E-state index >= 15 is 0 Å². The highest BCUT2D eigenvalue weighted by Gasteiger charge is 2.31. The van der Waals surface area contributed by atoms with Gasteiger partial charge in [0.25, 0.3) is 0 Å². The topological polar surface area (TPSA) is 47.9 Å². The van der Waals surface area contributed by atoms with Crippen LogP contribution in [0.4, 0.5) is 0 Å². The van der Waals surface area contributed by atoms with E-state index in [0.717, 1.165) is 50.9 Å². The van der Waals surface area contributed by atoms with Crippen LogP contribution in [0.15, 0.2) is 158 Å². The first kappa shape index (κ1) is 27.2. The second-order valence-electron chi connectivity index (χ2n) is 12.0. The van der Waals surface area contributed by atoms with Crippen molar-refractivity contribution in [1.29, 1.82) is 0 Å². The summed E-state index contributed by atoms with van der Waals surface area (Å²) >= 11 is 0. The van der Waals surface area contributed by atoms with E-state index in [-0.39, 0.29) is 6.10 Å². The zero-order chi connectivity index (χ0) is 31.2. The summed E-state index contributed by atoms with van der Waals surface area (Å²) in [5.41, 5.74) is 9.69. The summed E-state index contributed by atoms with van der Waals surface area (Å²) in [7, 11) is 0. The minimum absolute atomic E-state index is 0.0146. The maximum absolute atomic E-state index is 6.55. The van der Waals surface area contributed by atoms with Crippen LogP contribution < -0.4 is 4.74 Å². The molecule has 4 nitrogen and oxygen atoms in total. The van der Waals surface area contributed by atoms with Crippen LogP contribution in [0.25, 0.3) is 72.8 Å². The average Bonchev–Trinajstić information content (AvgIpc) is 3.54. The van der Waals surface area contributed by atoms with Crippen molar-refractivity contribution in [2.24, 2.45) is 0 Å². The van der Waals surface area contributed by atoms with Crippen molar-refractivity contribution in [3.63, 3.8) is 0 Å². The van der Waals surface area contributed by atoms with Crippen molar-refractivity contribution in [3.05, 3.63) is 163 Å². The Balaban J connectivity index is 1.19. The zero-order valence-electron chi connectivity index (χ0n) is 25.5. The van der Waals surface area contributed by atoms with Crippen LogP contribution in [0.2, 0.25) is 0 Å². The van der Waals surface area contributed by atoms with Crippen LogP contribution in [0.5, 0.6) is 5.75 Å². The highest BCUT2D eigenvalue weighted by atomic mass is 16.5. The largest absolute Gasteiger partial charge is 0.484 e. The molecule has 0 N–H and O–H groups in total. The van der Waals surface area contributed by atoms with E-state index in [1.165, 1.54) is 22.1 Å². The molecule has 222 valence electrons. The molecule has 0 radical (unpaired) electrons. The van der Waals surface area contributed by atoms with Crippen molar-refractivity contribution in [2.75, 3.05) is 0 Å². The van der Waals surface area contributed by atoms with Crippen LogP contribution in [0, 0.1) is 0 Å². The Kier molecular flexibility index (Phi) is 6.57. The van der Waals surface area contributed by atoms with Gasteiger partial charge in [0.1, 0.15) is 11.9 Å². The minimum atomic E-state index is 0.0146. The van der Waals surface area contributed by atoms with Crippen LogP contribution in [-0.4, -0.2) is 21.1 Å². The molecule has 0 spiro atoms. The smallest absolute Gasteiger partial charge is 0.167 e. The van der Waals surface area contributed by atoms with E-state index in [2.05, 4.69) is 146 Å². The molecule has 1 aromatic heterocycles. The number of benzene rings is 6. The van der Waals surface area contributed by atoms with Gasteiger partial charge < -0.3 is 4.74 Å². The Morgan fingerprint density at radius 2 is 1.02 bits per heavy atom. The Labute approximate surface area is 273 Å². The molecule has 4 heteroatoms. The van der Waals surface area contributed by atoms with Crippen molar-refractivity contribution < 1.29 is 4.74 Å². The molecule has 1 aliphatic carbocycles. The Morgan fingerprint density at radius 1 is 0.468 bits per heavy atom. The van der Waals surface area contributed by atoms with E-state index in [9.17, 15) is 0 Å². The summed E-state index contributed by atoms with van der Waals surface area (Å²) < 4.78 is 6.55.